The zero-order chi connectivity index (χ0) is 19.2. The number of carbonyl (C=O) groups is 1. The highest BCUT2D eigenvalue weighted by Crippen LogP contribution is 2.23. The number of imidazole rings is 1. The molecule has 0 saturated heterocycles. The number of nitrogens with one attached hydrogen (secondary N) is 1. The van der Waals surface area contributed by atoms with Crippen LogP contribution < -0.4 is 14.8 Å². The molecule has 0 saturated carbocycles. The molecule has 140 valence electrons. The molecule has 0 aliphatic carbocycles. The van der Waals surface area contributed by atoms with Gasteiger partial charge in [-0.2, -0.15) is 0 Å². The average molecular weight is 365 g/mol. The number of para-hydroxylation sites is 1. The van der Waals surface area contributed by atoms with E-state index in [1.165, 1.54) is 0 Å². The van der Waals surface area contributed by atoms with Crippen LogP contribution in [0.1, 0.15) is 23.0 Å². The van der Waals surface area contributed by atoms with E-state index in [1.54, 1.807) is 13.3 Å². The Morgan fingerprint density at radius 3 is 2.56 bits per heavy atom. The first-order chi connectivity index (χ1) is 13.1. The third kappa shape index (κ3) is 4.47. The van der Waals surface area contributed by atoms with Crippen LogP contribution >= 0.6 is 0 Å². The SMILES string of the molecule is COc1ccc(C(NC(=O)COc2ccccc2C)c2nccn2C)cc1. The molecule has 2 aromatic carbocycles. The highest BCUT2D eigenvalue weighted by Gasteiger charge is 2.21. The van der Waals surface area contributed by atoms with E-state index in [1.807, 2.05) is 73.3 Å². The number of aromatic nitrogens is 2. The summed E-state index contributed by atoms with van der Waals surface area (Å²) in [6.45, 7) is 1.88. The van der Waals surface area contributed by atoms with Gasteiger partial charge in [0.2, 0.25) is 0 Å². The van der Waals surface area contributed by atoms with Crippen LogP contribution in [0.2, 0.25) is 0 Å². The summed E-state index contributed by atoms with van der Waals surface area (Å²) < 4.78 is 12.8. The van der Waals surface area contributed by atoms with Crippen LogP contribution in [0, 0.1) is 6.92 Å². The Balaban J connectivity index is 1.76. The van der Waals surface area contributed by atoms with Crippen molar-refractivity contribution < 1.29 is 14.3 Å². The van der Waals surface area contributed by atoms with E-state index in [9.17, 15) is 4.79 Å². The van der Waals surface area contributed by atoms with Gasteiger partial charge in [-0.1, -0.05) is 30.3 Å². The number of benzene rings is 2. The second kappa shape index (κ2) is 8.40. The summed E-state index contributed by atoms with van der Waals surface area (Å²) >= 11 is 0. The number of carbonyl (C=O) groups excluding carboxylic acids is 1. The smallest absolute Gasteiger partial charge is 0.258 e. The number of ether oxygens (including phenoxy) is 2. The van der Waals surface area contributed by atoms with Crippen LogP contribution in [0.5, 0.6) is 11.5 Å². The fraction of sp³-hybridized carbons (Fsp3) is 0.238. The topological polar surface area (TPSA) is 65.4 Å². The molecule has 0 bridgehead atoms. The summed E-state index contributed by atoms with van der Waals surface area (Å²) in [5, 5.41) is 3.02. The van der Waals surface area contributed by atoms with Gasteiger partial charge in [0.1, 0.15) is 23.4 Å². The lowest BCUT2D eigenvalue weighted by atomic mass is 10.1. The molecule has 0 aliphatic rings. The number of methoxy groups -OCH3 is 1. The Morgan fingerprint density at radius 1 is 1.19 bits per heavy atom. The van der Waals surface area contributed by atoms with E-state index in [0.29, 0.717) is 5.75 Å². The van der Waals surface area contributed by atoms with Crippen molar-refractivity contribution >= 4 is 5.91 Å². The second-order valence-electron chi connectivity index (χ2n) is 6.22. The summed E-state index contributed by atoms with van der Waals surface area (Å²) in [5.74, 6) is 1.98. The van der Waals surface area contributed by atoms with Gasteiger partial charge in [0.15, 0.2) is 6.61 Å². The fourth-order valence-corrected chi connectivity index (χ4v) is 2.81. The van der Waals surface area contributed by atoms with Crippen LogP contribution in [-0.2, 0) is 11.8 Å². The van der Waals surface area contributed by atoms with Crippen molar-refractivity contribution in [1.82, 2.24) is 14.9 Å². The number of rotatable bonds is 7. The summed E-state index contributed by atoms with van der Waals surface area (Å²) in [5.41, 5.74) is 1.90. The monoisotopic (exact) mass is 365 g/mol. The van der Waals surface area contributed by atoms with Crippen molar-refractivity contribution in [2.75, 3.05) is 13.7 Å². The third-order valence-electron chi connectivity index (χ3n) is 4.32. The molecular weight excluding hydrogens is 342 g/mol. The molecular formula is C21H23N3O3. The zero-order valence-corrected chi connectivity index (χ0v) is 15.7. The van der Waals surface area contributed by atoms with Crippen molar-refractivity contribution in [2.24, 2.45) is 7.05 Å². The van der Waals surface area contributed by atoms with Gasteiger partial charge in [-0.3, -0.25) is 4.79 Å². The number of hydrogen-bond acceptors (Lipinski definition) is 4. The van der Waals surface area contributed by atoms with Crippen LogP contribution in [-0.4, -0.2) is 29.2 Å². The van der Waals surface area contributed by atoms with Gasteiger partial charge in [0, 0.05) is 19.4 Å². The van der Waals surface area contributed by atoms with Gasteiger partial charge in [-0.05, 0) is 36.2 Å². The molecule has 0 fully saturated rings. The molecule has 1 atom stereocenters. The maximum absolute atomic E-state index is 12.5. The molecule has 1 amide bonds. The number of nitrogens with zero attached hydrogens (tertiary/aromatic N) is 2. The third-order valence-corrected chi connectivity index (χ3v) is 4.32. The molecule has 0 aliphatic heterocycles. The minimum Gasteiger partial charge on any atom is -0.497 e. The first kappa shape index (κ1) is 18.5. The summed E-state index contributed by atoms with van der Waals surface area (Å²) in [6.07, 6.45) is 3.56. The van der Waals surface area contributed by atoms with E-state index in [2.05, 4.69) is 10.3 Å². The van der Waals surface area contributed by atoms with Gasteiger partial charge in [-0.15, -0.1) is 0 Å². The lowest BCUT2D eigenvalue weighted by molar-refractivity contribution is -0.123. The Hall–Kier alpha value is -3.28. The Labute approximate surface area is 158 Å². The lowest BCUT2D eigenvalue weighted by Crippen LogP contribution is -2.34. The summed E-state index contributed by atoms with van der Waals surface area (Å²) in [6, 6.07) is 14.8. The largest absolute Gasteiger partial charge is 0.497 e. The highest BCUT2D eigenvalue weighted by molar-refractivity contribution is 5.78. The first-order valence-corrected chi connectivity index (χ1v) is 8.67. The maximum atomic E-state index is 12.5. The van der Waals surface area contributed by atoms with Gasteiger partial charge in [-0.25, -0.2) is 4.98 Å². The van der Waals surface area contributed by atoms with Crippen LogP contribution in [0.4, 0.5) is 0 Å². The molecule has 3 aromatic rings. The highest BCUT2D eigenvalue weighted by atomic mass is 16.5. The molecule has 6 heteroatoms. The van der Waals surface area contributed by atoms with E-state index in [-0.39, 0.29) is 18.6 Å². The van der Waals surface area contributed by atoms with Crippen LogP contribution in [0.3, 0.4) is 0 Å². The molecule has 27 heavy (non-hydrogen) atoms. The van der Waals surface area contributed by atoms with Crippen molar-refractivity contribution in [3.05, 3.63) is 77.9 Å². The minimum absolute atomic E-state index is 0.0675. The standard InChI is InChI=1S/C21H23N3O3/c1-15-6-4-5-7-18(15)27-14-19(25)23-20(21-22-12-13-24(21)2)16-8-10-17(26-3)11-9-16/h4-13,20H,14H2,1-3H3,(H,23,25). The van der Waals surface area contributed by atoms with E-state index < -0.39 is 0 Å². The van der Waals surface area contributed by atoms with E-state index in [0.717, 1.165) is 22.7 Å². The zero-order valence-electron chi connectivity index (χ0n) is 15.7. The molecule has 0 spiro atoms. The Kier molecular flexibility index (Phi) is 5.76. The van der Waals surface area contributed by atoms with Crippen molar-refractivity contribution in [1.29, 1.82) is 0 Å². The molecule has 1 aromatic heterocycles. The van der Waals surface area contributed by atoms with Crippen molar-refractivity contribution in [2.45, 2.75) is 13.0 Å². The number of aryl methyl sites for hydroxylation is 2. The minimum atomic E-state index is -0.385. The van der Waals surface area contributed by atoms with Crippen molar-refractivity contribution in [3.63, 3.8) is 0 Å². The summed E-state index contributed by atoms with van der Waals surface area (Å²) in [4.78, 5) is 16.9. The molecule has 0 radical (unpaired) electrons. The predicted octanol–water partition coefficient (Wildman–Crippen LogP) is 3.02. The Bertz CT molecular complexity index is 903. The van der Waals surface area contributed by atoms with Crippen LogP contribution in [0.25, 0.3) is 0 Å². The quantitative estimate of drug-likeness (QED) is 0.699. The number of hydrogen-bond donors (Lipinski definition) is 1. The summed E-state index contributed by atoms with van der Waals surface area (Å²) in [7, 11) is 3.52. The fourth-order valence-electron chi connectivity index (χ4n) is 2.81. The molecule has 1 N–H and O–H groups in total. The second-order valence-corrected chi connectivity index (χ2v) is 6.22. The molecule has 1 unspecified atom stereocenters. The average Bonchev–Trinajstić information content (AvgIpc) is 3.11. The first-order valence-electron chi connectivity index (χ1n) is 8.67. The van der Waals surface area contributed by atoms with E-state index >= 15 is 0 Å². The normalized spacial score (nSPS) is 11.7. The lowest BCUT2D eigenvalue weighted by Gasteiger charge is -2.20. The molecule has 1 heterocycles. The van der Waals surface area contributed by atoms with Gasteiger partial charge in [0.25, 0.3) is 5.91 Å². The predicted molar refractivity (Wildman–Crippen MR) is 103 cm³/mol. The molecule has 3 rings (SSSR count). The van der Waals surface area contributed by atoms with Gasteiger partial charge < -0.3 is 19.4 Å². The van der Waals surface area contributed by atoms with Gasteiger partial charge in [0.05, 0.1) is 7.11 Å². The number of amides is 1. The van der Waals surface area contributed by atoms with Crippen molar-refractivity contribution in [3.8, 4) is 11.5 Å². The maximum Gasteiger partial charge on any atom is 0.258 e. The van der Waals surface area contributed by atoms with E-state index in [4.69, 9.17) is 9.47 Å². The van der Waals surface area contributed by atoms with Crippen LogP contribution in [0.15, 0.2) is 60.9 Å². The Morgan fingerprint density at radius 2 is 1.93 bits per heavy atom. The van der Waals surface area contributed by atoms with Gasteiger partial charge >= 0.3 is 0 Å². The molecule has 6 nitrogen and oxygen atoms in total.